The van der Waals surface area contributed by atoms with Crippen molar-refractivity contribution in [2.24, 2.45) is 0 Å². The molecule has 0 aliphatic heterocycles. The molecule has 182 valence electrons. The van der Waals surface area contributed by atoms with Crippen LogP contribution in [-0.4, -0.2) is 30.6 Å². The number of esters is 1. The molecule has 0 bridgehead atoms. The second-order valence-electron chi connectivity index (χ2n) is 8.25. The quantitative estimate of drug-likeness (QED) is 0.199. The van der Waals surface area contributed by atoms with Crippen LogP contribution < -0.4 is 4.74 Å². The fourth-order valence-corrected chi connectivity index (χ4v) is 3.25. The van der Waals surface area contributed by atoms with Crippen LogP contribution in [0.1, 0.15) is 57.1 Å². The molecule has 2 aromatic rings. The van der Waals surface area contributed by atoms with Gasteiger partial charge in [0.25, 0.3) is 0 Å². The first-order valence-electron chi connectivity index (χ1n) is 11.7. The highest BCUT2D eigenvalue weighted by Gasteiger charge is 2.17. The molecule has 0 heterocycles. The molecule has 1 atom stereocenters. The molecule has 5 heteroatoms. The summed E-state index contributed by atoms with van der Waals surface area (Å²) in [6.07, 6.45) is 13.5. The van der Waals surface area contributed by atoms with Crippen LogP contribution in [0.25, 0.3) is 12.2 Å². The van der Waals surface area contributed by atoms with Crippen molar-refractivity contribution in [1.82, 2.24) is 0 Å². The predicted octanol–water partition coefficient (Wildman–Crippen LogP) is 6.93. The lowest BCUT2D eigenvalue weighted by molar-refractivity contribution is -0.145. The van der Waals surface area contributed by atoms with Gasteiger partial charge in [0.1, 0.15) is 17.6 Å². The van der Waals surface area contributed by atoms with Crippen LogP contribution in [0.5, 0.6) is 11.5 Å². The van der Waals surface area contributed by atoms with E-state index in [-0.39, 0.29) is 24.1 Å². The Bertz CT molecular complexity index is 935. The Kier molecular flexibility index (Phi) is 11.7. The van der Waals surface area contributed by atoms with E-state index >= 15 is 0 Å². The molecule has 5 nitrogen and oxygen atoms in total. The molecule has 0 aromatic heterocycles. The third-order valence-corrected chi connectivity index (χ3v) is 5.27. The van der Waals surface area contributed by atoms with E-state index in [4.69, 9.17) is 14.2 Å². The molecule has 0 radical (unpaired) electrons. The fourth-order valence-electron chi connectivity index (χ4n) is 3.25. The van der Waals surface area contributed by atoms with Crippen LogP contribution in [0.2, 0.25) is 0 Å². The molecule has 1 unspecified atom stereocenters. The van der Waals surface area contributed by atoms with Gasteiger partial charge >= 0.3 is 5.97 Å². The molecule has 1 aliphatic rings. The van der Waals surface area contributed by atoms with Gasteiger partial charge in [-0.3, -0.25) is 0 Å². The Morgan fingerprint density at radius 2 is 1.50 bits per heavy atom. The number of hydrogen-bond acceptors (Lipinski definition) is 5. The van der Waals surface area contributed by atoms with Gasteiger partial charge in [-0.05, 0) is 74.9 Å². The third-order valence-electron chi connectivity index (χ3n) is 5.27. The molecule has 2 aromatic carbocycles. The molecule has 0 spiro atoms. The van der Waals surface area contributed by atoms with Gasteiger partial charge in [0.2, 0.25) is 0 Å². The average Bonchev–Trinajstić information content (AvgIpc) is 2.85. The SMILES string of the molecule is C=C(C)C(=O)OC1CCCCC1.COC(C)Oc1ccc(C=CC=Cc2ccc(O)cc2)cc1. The summed E-state index contributed by atoms with van der Waals surface area (Å²) in [7, 11) is 1.61. The Labute approximate surface area is 203 Å². The van der Waals surface area contributed by atoms with E-state index in [1.54, 1.807) is 26.2 Å². The van der Waals surface area contributed by atoms with Crippen LogP contribution >= 0.6 is 0 Å². The van der Waals surface area contributed by atoms with Gasteiger partial charge in [-0.25, -0.2) is 4.79 Å². The minimum absolute atomic E-state index is 0.156. The Morgan fingerprint density at radius 3 is 2.00 bits per heavy atom. The van der Waals surface area contributed by atoms with Crippen molar-refractivity contribution in [2.45, 2.75) is 58.3 Å². The maximum atomic E-state index is 11.1. The average molecular weight is 465 g/mol. The van der Waals surface area contributed by atoms with Crippen molar-refractivity contribution in [3.8, 4) is 11.5 Å². The fraction of sp³-hybridized carbons (Fsp3) is 0.345. The highest BCUT2D eigenvalue weighted by molar-refractivity contribution is 5.87. The molecule has 1 aliphatic carbocycles. The van der Waals surface area contributed by atoms with Gasteiger partial charge in [-0.2, -0.15) is 0 Å². The van der Waals surface area contributed by atoms with Crippen molar-refractivity contribution >= 4 is 18.1 Å². The summed E-state index contributed by atoms with van der Waals surface area (Å²) in [5.41, 5.74) is 2.63. The van der Waals surface area contributed by atoms with Crippen molar-refractivity contribution in [3.63, 3.8) is 0 Å². The lowest BCUT2D eigenvalue weighted by atomic mass is 9.98. The van der Waals surface area contributed by atoms with E-state index < -0.39 is 0 Å². The summed E-state index contributed by atoms with van der Waals surface area (Å²) in [6.45, 7) is 7.08. The first kappa shape index (κ1) is 26.9. The lowest BCUT2D eigenvalue weighted by Crippen LogP contribution is -2.20. The normalized spacial score (nSPS) is 14.9. The number of allylic oxidation sites excluding steroid dienone is 2. The van der Waals surface area contributed by atoms with Gasteiger partial charge in [-0.15, -0.1) is 0 Å². The zero-order valence-electron chi connectivity index (χ0n) is 20.4. The van der Waals surface area contributed by atoms with E-state index in [1.165, 1.54) is 19.3 Å². The molecule has 1 saturated carbocycles. The van der Waals surface area contributed by atoms with E-state index in [0.717, 1.165) is 29.7 Å². The number of phenolic OH excluding ortho intramolecular Hbond substituents is 1. The number of benzene rings is 2. The largest absolute Gasteiger partial charge is 0.508 e. The van der Waals surface area contributed by atoms with Crippen LogP contribution in [0.15, 0.2) is 72.8 Å². The monoisotopic (exact) mass is 464 g/mol. The topological polar surface area (TPSA) is 65.0 Å². The minimum atomic E-state index is -0.255. The summed E-state index contributed by atoms with van der Waals surface area (Å²) < 4.78 is 15.8. The first-order valence-corrected chi connectivity index (χ1v) is 11.7. The highest BCUT2D eigenvalue weighted by atomic mass is 16.7. The van der Waals surface area contributed by atoms with E-state index in [2.05, 4.69) is 6.58 Å². The minimum Gasteiger partial charge on any atom is -0.508 e. The van der Waals surface area contributed by atoms with Crippen molar-refractivity contribution < 1.29 is 24.1 Å². The molecular weight excluding hydrogens is 428 g/mol. The smallest absolute Gasteiger partial charge is 0.333 e. The van der Waals surface area contributed by atoms with Crippen LogP contribution in [-0.2, 0) is 14.3 Å². The summed E-state index contributed by atoms with van der Waals surface area (Å²) in [4.78, 5) is 11.1. The van der Waals surface area contributed by atoms with Crippen LogP contribution in [0, 0.1) is 0 Å². The molecular formula is C29H36O5. The third kappa shape index (κ3) is 10.5. The molecule has 0 amide bonds. The second kappa shape index (κ2) is 14.8. The van der Waals surface area contributed by atoms with Gasteiger partial charge in [0, 0.05) is 12.7 Å². The summed E-state index contributed by atoms with van der Waals surface area (Å²) in [6, 6.07) is 14.9. The maximum Gasteiger partial charge on any atom is 0.333 e. The van der Waals surface area contributed by atoms with Crippen molar-refractivity contribution in [1.29, 1.82) is 0 Å². The molecule has 34 heavy (non-hydrogen) atoms. The standard InChI is InChI=1S/C19H20O3.C10H16O2/c1-15(21-2)22-19-13-9-17(10-14-19)6-4-3-5-16-7-11-18(20)12-8-16;1-8(2)10(11)12-9-6-4-3-5-7-9/h3-15,20H,1-2H3;9H,1,3-7H2,2H3. The van der Waals surface area contributed by atoms with Crippen molar-refractivity contribution in [3.05, 3.63) is 84.0 Å². The lowest BCUT2D eigenvalue weighted by Gasteiger charge is -2.21. The zero-order chi connectivity index (χ0) is 24.8. The Hall–Kier alpha value is -3.31. The molecule has 0 saturated heterocycles. The number of hydrogen-bond donors (Lipinski definition) is 1. The molecule has 1 fully saturated rings. The summed E-state index contributed by atoms with van der Waals surface area (Å²) >= 11 is 0. The van der Waals surface area contributed by atoms with Crippen molar-refractivity contribution in [2.75, 3.05) is 7.11 Å². The maximum absolute atomic E-state index is 11.1. The molecule has 1 N–H and O–H groups in total. The zero-order valence-corrected chi connectivity index (χ0v) is 20.4. The van der Waals surface area contributed by atoms with Crippen LogP contribution in [0.3, 0.4) is 0 Å². The Balaban J connectivity index is 0.000000287. The van der Waals surface area contributed by atoms with Gasteiger partial charge in [0.05, 0.1) is 0 Å². The van der Waals surface area contributed by atoms with E-state index in [9.17, 15) is 9.90 Å². The van der Waals surface area contributed by atoms with Gasteiger partial charge in [-0.1, -0.05) is 61.6 Å². The van der Waals surface area contributed by atoms with Gasteiger partial charge in [0.15, 0.2) is 6.29 Å². The number of ether oxygens (including phenoxy) is 3. The number of rotatable bonds is 8. The van der Waals surface area contributed by atoms with Crippen LogP contribution in [0.4, 0.5) is 0 Å². The second-order valence-corrected chi connectivity index (χ2v) is 8.25. The Morgan fingerprint density at radius 1 is 0.971 bits per heavy atom. The number of carbonyl (C=O) groups is 1. The van der Waals surface area contributed by atoms with E-state index in [0.29, 0.717) is 5.57 Å². The molecule has 3 rings (SSSR count). The number of aromatic hydroxyl groups is 1. The predicted molar refractivity (Wildman–Crippen MR) is 137 cm³/mol. The number of methoxy groups -OCH3 is 1. The van der Waals surface area contributed by atoms with Gasteiger partial charge < -0.3 is 19.3 Å². The number of carbonyl (C=O) groups excluding carboxylic acids is 1. The summed E-state index contributed by atoms with van der Waals surface area (Å²) in [5, 5.41) is 9.21. The van der Waals surface area contributed by atoms with E-state index in [1.807, 2.05) is 67.6 Å². The highest BCUT2D eigenvalue weighted by Crippen LogP contribution is 2.21. The first-order chi connectivity index (χ1) is 16.4. The number of phenols is 1. The summed E-state index contributed by atoms with van der Waals surface area (Å²) in [5.74, 6) is 0.825.